The van der Waals surface area contributed by atoms with E-state index >= 15 is 0 Å². The van der Waals surface area contributed by atoms with Crippen molar-refractivity contribution in [2.45, 2.75) is 38.6 Å². The SMILES string of the molecule is CC(=O)c1cccc(Cc2cc(NC3CC3)n3ncc(/C=C4\CC(=O)NC4=O)c3n2)c1. The summed E-state index contributed by atoms with van der Waals surface area (Å²) in [6.07, 6.45) is 6.17. The van der Waals surface area contributed by atoms with Crippen LogP contribution in [0.4, 0.5) is 5.82 Å². The first-order valence-electron chi connectivity index (χ1n) is 10.2. The van der Waals surface area contributed by atoms with Gasteiger partial charge in [-0.2, -0.15) is 9.61 Å². The highest BCUT2D eigenvalue weighted by atomic mass is 16.2. The summed E-state index contributed by atoms with van der Waals surface area (Å²) in [5.41, 5.74) is 4.17. The number of carbonyl (C=O) groups excluding carboxylic acids is 3. The van der Waals surface area contributed by atoms with Gasteiger partial charge in [0.05, 0.1) is 18.3 Å². The fraction of sp³-hybridized carbons (Fsp3) is 0.261. The smallest absolute Gasteiger partial charge is 0.254 e. The molecule has 1 aliphatic heterocycles. The zero-order chi connectivity index (χ0) is 21.5. The molecule has 8 heteroatoms. The Labute approximate surface area is 178 Å². The van der Waals surface area contributed by atoms with Crippen LogP contribution in [0.3, 0.4) is 0 Å². The average molecular weight is 415 g/mol. The minimum Gasteiger partial charge on any atom is -0.367 e. The number of imide groups is 1. The number of hydrogen-bond acceptors (Lipinski definition) is 6. The molecule has 0 atom stereocenters. The summed E-state index contributed by atoms with van der Waals surface area (Å²) in [5.74, 6) is 0.179. The molecule has 31 heavy (non-hydrogen) atoms. The molecule has 2 fully saturated rings. The number of nitrogens with one attached hydrogen (secondary N) is 2. The number of carbonyl (C=O) groups is 3. The average Bonchev–Trinajstić information content (AvgIpc) is 3.37. The number of aromatic nitrogens is 3. The number of anilines is 1. The molecule has 1 aliphatic carbocycles. The van der Waals surface area contributed by atoms with Crippen LogP contribution in [-0.4, -0.2) is 38.2 Å². The van der Waals surface area contributed by atoms with Crippen molar-refractivity contribution in [3.8, 4) is 0 Å². The van der Waals surface area contributed by atoms with Gasteiger partial charge in [0.25, 0.3) is 5.91 Å². The molecular weight excluding hydrogens is 394 g/mol. The van der Waals surface area contributed by atoms with Crippen molar-refractivity contribution in [1.82, 2.24) is 19.9 Å². The number of fused-ring (bicyclic) bond motifs is 1. The van der Waals surface area contributed by atoms with Gasteiger partial charge in [0, 0.05) is 35.2 Å². The molecular formula is C23H21N5O3. The van der Waals surface area contributed by atoms with Gasteiger partial charge in [-0.1, -0.05) is 18.2 Å². The molecule has 0 radical (unpaired) electrons. The number of benzene rings is 1. The predicted octanol–water partition coefficient (Wildman–Crippen LogP) is 2.53. The van der Waals surface area contributed by atoms with Gasteiger partial charge in [0.1, 0.15) is 5.82 Å². The zero-order valence-electron chi connectivity index (χ0n) is 17.0. The second-order valence-electron chi connectivity index (χ2n) is 8.04. The number of amides is 2. The highest BCUT2D eigenvalue weighted by Gasteiger charge is 2.25. The minimum atomic E-state index is -0.377. The summed E-state index contributed by atoms with van der Waals surface area (Å²) < 4.78 is 1.73. The van der Waals surface area contributed by atoms with Gasteiger partial charge in [-0.25, -0.2) is 4.98 Å². The Morgan fingerprint density at radius 1 is 1.29 bits per heavy atom. The molecule has 2 amide bonds. The Morgan fingerprint density at radius 3 is 2.84 bits per heavy atom. The summed E-state index contributed by atoms with van der Waals surface area (Å²) in [6, 6.07) is 9.93. The van der Waals surface area contributed by atoms with Crippen molar-refractivity contribution in [3.63, 3.8) is 0 Å². The third-order valence-corrected chi connectivity index (χ3v) is 5.43. The normalized spacial score (nSPS) is 17.4. The molecule has 3 heterocycles. The summed E-state index contributed by atoms with van der Waals surface area (Å²) in [7, 11) is 0. The Bertz CT molecular complexity index is 1270. The standard InChI is InChI=1S/C23H21N5O3/c1-13(29)15-4-2-3-14(7-15)8-19-11-20(25-18-5-6-18)28-22(26-19)17(12-24-28)9-16-10-21(30)27-23(16)31/h2-4,7,9,11-12,18,25H,5-6,8,10H2,1H3,(H,27,30,31)/b16-9+. The minimum absolute atomic E-state index is 0.0236. The third-order valence-electron chi connectivity index (χ3n) is 5.43. The molecule has 0 unspecified atom stereocenters. The summed E-state index contributed by atoms with van der Waals surface area (Å²) >= 11 is 0. The fourth-order valence-corrected chi connectivity index (χ4v) is 3.68. The Balaban J connectivity index is 1.56. The van der Waals surface area contributed by atoms with Crippen LogP contribution in [0.5, 0.6) is 0 Å². The maximum absolute atomic E-state index is 12.0. The van der Waals surface area contributed by atoms with Crippen molar-refractivity contribution in [1.29, 1.82) is 0 Å². The molecule has 1 saturated carbocycles. The van der Waals surface area contributed by atoms with Gasteiger partial charge in [0.15, 0.2) is 11.4 Å². The lowest BCUT2D eigenvalue weighted by molar-refractivity contribution is -0.124. The van der Waals surface area contributed by atoms with Crippen LogP contribution < -0.4 is 10.6 Å². The predicted molar refractivity (Wildman–Crippen MR) is 115 cm³/mol. The molecule has 1 aromatic carbocycles. The molecule has 8 nitrogen and oxygen atoms in total. The monoisotopic (exact) mass is 415 g/mol. The van der Waals surface area contributed by atoms with Crippen molar-refractivity contribution < 1.29 is 14.4 Å². The van der Waals surface area contributed by atoms with Gasteiger partial charge in [0.2, 0.25) is 5.91 Å². The van der Waals surface area contributed by atoms with Crippen molar-refractivity contribution in [3.05, 3.63) is 64.5 Å². The van der Waals surface area contributed by atoms with E-state index in [1.165, 1.54) is 0 Å². The lowest BCUT2D eigenvalue weighted by atomic mass is 10.0. The van der Waals surface area contributed by atoms with Crippen LogP contribution >= 0.6 is 0 Å². The number of hydrogen-bond donors (Lipinski definition) is 2. The van der Waals surface area contributed by atoms with E-state index in [1.807, 2.05) is 24.3 Å². The number of Topliss-reactive ketones (excluding diaryl/α,β-unsaturated/α-hetero) is 1. The summed E-state index contributed by atoms with van der Waals surface area (Å²) in [6.45, 7) is 1.55. The second kappa shape index (κ2) is 7.46. The Kier molecular flexibility index (Phi) is 4.62. The molecule has 1 saturated heterocycles. The summed E-state index contributed by atoms with van der Waals surface area (Å²) in [4.78, 5) is 40.0. The Morgan fingerprint density at radius 2 is 2.13 bits per heavy atom. The maximum Gasteiger partial charge on any atom is 0.254 e. The summed E-state index contributed by atoms with van der Waals surface area (Å²) in [5, 5.41) is 10.2. The lowest BCUT2D eigenvalue weighted by Gasteiger charge is -2.11. The molecule has 3 aromatic rings. The highest BCUT2D eigenvalue weighted by molar-refractivity contribution is 6.15. The number of ketones is 1. The topological polar surface area (TPSA) is 105 Å². The van der Waals surface area contributed by atoms with Crippen LogP contribution in [0.25, 0.3) is 11.7 Å². The Hall–Kier alpha value is -3.81. The van der Waals surface area contributed by atoms with Crippen molar-refractivity contribution >= 4 is 35.1 Å². The first-order valence-corrected chi connectivity index (χ1v) is 10.2. The number of rotatable bonds is 6. The largest absolute Gasteiger partial charge is 0.367 e. The maximum atomic E-state index is 12.0. The molecule has 0 bridgehead atoms. The van der Waals surface area contributed by atoms with Gasteiger partial charge in [-0.05, 0) is 37.5 Å². The quantitative estimate of drug-likeness (QED) is 0.364. The first kappa shape index (κ1) is 19.2. The molecule has 2 aliphatic rings. The fourth-order valence-electron chi connectivity index (χ4n) is 3.68. The molecule has 5 rings (SSSR count). The van der Waals surface area contributed by atoms with E-state index < -0.39 is 0 Å². The van der Waals surface area contributed by atoms with E-state index in [9.17, 15) is 14.4 Å². The van der Waals surface area contributed by atoms with Gasteiger partial charge < -0.3 is 5.32 Å². The zero-order valence-corrected chi connectivity index (χ0v) is 17.0. The van der Waals surface area contributed by atoms with Gasteiger partial charge in [-0.15, -0.1) is 0 Å². The van der Waals surface area contributed by atoms with Crippen LogP contribution in [0.15, 0.2) is 42.1 Å². The molecule has 0 spiro atoms. The van der Waals surface area contributed by atoms with E-state index in [-0.39, 0.29) is 24.0 Å². The van der Waals surface area contributed by atoms with Crippen LogP contribution in [-0.2, 0) is 16.0 Å². The molecule has 156 valence electrons. The van der Waals surface area contributed by atoms with Gasteiger partial charge in [-0.3, -0.25) is 19.7 Å². The van der Waals surface area contributed by atoms with Crippen LogP contribution in [0, 0.1) is 0 Å². The van der Waals surface area contributed by atoms with E-state index in [2.05, 4.69) is 15.7 Å². The molecule has 2 aromatic heterocycles. The highest BCUT2D eigenvalue weighted by Crippen LogP contribution is 2.27. The first-order chi connectivity index (χ1) is 15.0. The van der Waals surface area contributed by atoms with E-state index in [0.717, 1.165) is 29.9 Å². The van der Waals surface area contributed by atoms with E-state index in [0.29, 0.717) is 34.8 Å². The second-order valence-corrected chi connectivity index (χ2v) is 8.04. The van der Waals surface area contributed by atoms with E-state index in [1.54, 1.807) is 29.8 Å². The molecule has 2 N–H and O–H groups in total. The van der Waals surface area contributed by atoms with Crippen LogP contribution in [0.2, 0.25) is 0 Å². The van der Waals surface area contributed by atoms with Gasteiger partial charge >= 0.3 is 0 Å². The van der Waals surface area contributed by atoms with Crippen molar-refractivity contribution in [2.75, 3.05) is 5.32 Å². The number of nitrogens with zero attached hydrogens (tertiary/aromatic N) is 3. The van der Waals surface area contributed by atoms with Crippen LogP contribution in [0.1, 0.15) is 53.4 Å². The lowest BCUT2D eigenvalue weighted by Crippen LogP contribution is -2.19. The van der Waals surface area contributed by atoms with E-state index in [4.69, 9.17) is 4.98 Å². The van der Waals surface area contributed by atoms with Crippen molar-refractivity contribution in [2.24, 2.45) is 0 Å². The third kappa shape index (κ3) is 3.96.